The maximum atomic E-state index is 5.43. The minimum atomic E-state index is 0.846. The number of nitrogens with zero attached hydrogens (tertiary/aromatic N) is 2. The van der Waals surface area contributed by atoms with Crippen LogP contribution in [0.15, 0.2) is 60.8 Å². The predicted molar refractivity (Wildman–Crippen MR) is 101 cm³/mol. The average Bonchev–Trinajstić information content (AvgIpc) is 2.62. The summed E-state index contributed by atoms with van der Waals surface area (Å²) < 4.78 is 5.43. The summed E-state index contributed by atoms with van der Waals surface area (Å²) in [4.78, 5) is 6.78. The molecule has 0 N–H and O–H groups in total. The summed E-state index contributed by atoms with van der Waals surface area (Å²) in [6.45, 7) is 2.12. The lowest BCUT2D eigenvalue weighted by Crippen LogP contribution is -2.11. The molecular weight excluding hydrogens is 296 g/mol. The van der Waals surface area contributed by atoms with E-state index in [1.807, 2.05) is 24.4 Å². The van der Waals surface area contributed by atoms with Crippen molar-refractivity contribution in [1.29, 1.82) is 0 Å². The monoisotopic (exact) mass is 318 g/mol. The molecule has 0 fully saturated rings. The molecule has 0 spiro atoms. The summed E-state index contributed by atoms with van der Waals surface area (Å²) in [7, 11) is 5.80. The molecule has 0 amide bonds. The Hall–Kier alpha value is -2.81. The van der Waals surface area contributed by atoms with Gasteiger partial charge in [-0.3, -0.25) is 4.98 Å². The van der Waals surface area contributed by atoms with Crippen LogP contribution in [0.4, 0.5) is 5.69 Å². The molecule has 0 saturated heterocycles. The van der Waals surface area contributed by atoms with Gasteiger partial charge >= 0.3 is 0 Å². The van der Waals surface area contributed by atoms with Gasteiger partial charge in [-0.25, -0.2) is 0 Å². The first-order valence-corrected chi connectivity index (χ1v) is 7.98. The summed E-state index contributed by atoms with van der Waals surface area (Å²) in [5.41, 5.74) is 6.75. The Labute approximate surface area is 143 Å². The van der Waals surface area contributed by atoms with E-state index in [2.05, 4.69) is 67.3 Å². The molecule has 0 aliphatic heterocycles. The number of pyridine rings is 1. The largest absolute Gasteiger partial charge is 0.497 e. The zero-order valence-corrected chi connectivity index (χ0v) is 14.6. The van der Waals surface area contributed by atoms with Crippen LogP contribution in [0.3, 0.4) is 0 Å². The fraction of sp³-hybridized carbons (Fsp3) is 0.190. The molecule has 0 saturated carbocycles. The molecule has 0 aliphatic carbocycles. The molecule has 2 aromatic carbocycles. The van der Waals surface area contributed by atoms with Crippen LogP contribution in [0.2, 0.25) is 0 Å². The van der Waals surface area contributed by atoms with Crippen LogP contribution in [0.25, 0.3) is 22.4 Å². The zero-order chi connectivity index (χ0) is 17.1. The molecule has 3 aromatic rings. The number of rotatable bonds is 4. The second-order valence-corrected chi connectivity index (χ2v) is 5.98. The van der Waals surface area contributed by atoms with Crippen LogP contribution < -0.4 is 9.64 Å². The number of hydrogen-bond acceptors (Lipinski definition) is 3. The Balaban J connectivity index is 2.24. The lowest BCUT2D eigenvalue weighted by molar-refractivity contribution is 0.415. The fourth-order valence-electron chi connectivity index (χ4n) is 2.99. The number of benzene rings is 2. The normalized spacial score (nSPS) is 10.5. The SMILES string of the molecule is COc1ccc(-c2nccc(N(C)C)c2C)c(-c2ccccc2)c1. The van der Waals surface area contributed by atoms with E-state index in [9.17, 15) is 0 Å². The third-order valence-corrected chi connectivity index (χ3v) is 4.22. The van der Waals surface area contributed by atoms with Gasteiger partial charge < -0.3 is 9.64 Å². The van der Waals surface area contributed by atoms with Crippen LogP contribution in [-0.2, 0) is 0 Å². The zero-order valence-electron chi connectivity index (χ0n) is 14.6. The third kappa shape index (κ3) is 2.98. The van der Waals surface area contributed by atoms with Crippen molar-refractivity contribution in [3.8, 4) is 28.1 Å². The minimum absolute atomic E-state index is 0.846. The second kappa shape index (κ2) is 6.75. The predicted octanol–water partition coefficient (Wildman–Crippen LogP) is 4.80. The summed E-state index contributed by atoms with van der Waals surface area (Å²) in [5, 5.41) is 0. The number of anilines is 1. The first-order valence-electron chi connectivity index (χ1n) is 7.98. The molecule has 0 radical (unpaired) electrons. The lowest BCUT2D eigenvalue weighted by atomic mass is 9.94. The first kappa shape index (κ1) is 16.1. The maximum absolute atomic E-state index is 5.43. The van der Waals surface area contributed by atoms with Crippen molar-refractivity contribution in [3.63, 3.8) is 0 Å². The standard InChI is InChI=1S/C21H22N2O/c1-15-20(23(2)3)12-13-22-21(15)18-11-10-17(24-4)14-19(18)16-8-6-5-7-9-16/h5-14H,1-4H3. The van der Waals surface area contributed by atoms with Crippen molar-refractivity contribution < 1.29 is 4.74 Å². The summed E-state index contributed by atoms with van der Waals surface area (Å²) >= 11 is 0. The Morgan fingerprint density at radius 3 is 2.33 bits per heavy atom. The van der Waals surface area contributed by atoms with Crippen LogP contribution in [0.1, 0.15) is 5.56 Å². The lowest BCUT2D eigenvalue weighted by Gasteiger charge is -2.19. The van der Waals surface area contributed by atoms with Gasteiger partial charge in [-0.2, -0.15) is 0 Å². The van der Waals surface area contributed by atoms with Gasteiger partial charge in [0.1, 0.15) is 5.75 Å². The molecular formula is C21H22N2O. The Morgan fingerprint density at radius 2 is 1.67 bits per heavy atom. The van der Waals surface area contributed by atoms with Crippen LogP contribution in [0, 0.1) is 6.92 Å². The van der Waals surface area contributed by atoms with Crippen LogP contribution in [-0.4, -0.2) is 26.2 Å². The highest BCUT2D eigenvalue weighted by Crippen LogP contribution is 2.37. The van der Waals surface area contributed by atoms with E-state index in [0.717, 1.165) is 28.1 Å². The molecule has 122 valence electrons. The molecule has 1 heterocycles. The molecule has 3 heteroatoms. The molecule has 0 atom stereocenters. The maximum Gasteiger partial charge on any atom is 0.119 e. The highest BCUT2D eigenvalue weighted by molar-refractivity contribution is 5.85. The van der Waals surface area contributed by atoms with Crippen molar-refractivity contribution in [2.75, 3.05) is 26.1 Å². The first-order chi connectivity index (χ1) is 11.6. The van der Waals surface area contributed by atoms with E-state index < -0.39 is 0 Å². The summed E-state index contributed by atoms with van der Waals surface area (Å²) in [5.74, 6) is 0.846. The van der Waals surface area contributed by atoms with Gasteiger partial charge in [0.05, 0.1) is 12.8 Å². The summed E-state index contributed by atoms with van der Waals surface area (Å²) in [6, 6.07) is 18.6. The summed E-state index contributed by atoms with van der Waals surface area (Å²) in [6.07, 6.45) is 1.87. The number of ether oxygens (including phenoxy) is 1. The molecule has 3 nitrogen and oxygen atoms in total. The van der Waals surface area contributed by atoms with E-state index in [-0.39, 0.29) is 0 Å². The van der Waals surface area contributed by atoms with Gasteiger partial charge in [0, 0.05) is 31.5 Å². The van der Waals surface area contributed by atoms with Crippen LogP contribution >= 0.6 is 0 Å². The smallest absolute Gasteiger partial charge is 0.119 e. The topological polar surface area (TPSA) is 25.4 Å². The average molecular weight is 318 g/mol. The second-order valence-electron chi connectivity index (χ2n) is 5.98. The molecule has 24 heavy (non-hydrogen) atoms. The number of methoxy groups -OCH3 is 1. The van der Waals surface area contributed by atoms with Gasteiger partial charge in [0.2, 0.25) is 0 Å². The van der Waals surface area contributed by atoms with Crippen molar-refractivity contribution in [2.45, 2.75) is 6.92 Å². The Kier molecular flexibility index (Phi) is 4.52. The Morgan fingerprint density at radius 1 is 0.917 bits per heavy atom. The molecule has 0 unspecified atom stereocenters. The highest BCUT2D eigenvalue weighted by atomic mass is 16.5. The number of aromatic nitrogens is 1. The highest BCUT2D eigenvalue weighted by Gasteiger charge is 2.14. The molecule has 0 bridgehead atoms. The van der Waals surface area contributed by atoms with Crippen LogP contribution in [0.5, 0.6) is 5.75 Å². The molecule has 1 aromatic heterocycles. The quantitative estimate of drug-likeness (QED) is 0.691. The van der Waals surface area contributed by atoms with E-state index in [4.69, 9.17) is 4.74 Å². The minimum Gasteiger partial charge on any atom is -0.497 e. The third-order valence-electron chi connectivity index (χ3n) is 4.22. The van der Waals surface area contributed by atoms with Gasteiger partial charge in [0.25, 0.3) is 0 Å². The van der Waals surface area contributed by atoms with E-state index in [1.165, 1.54) is 11.3 Å². The van der Waals surface area contributed by atoms with Crippen molar-refractivity contribution in [1.82, 2.24) is 4.98 Å². The van der Waals surface area contributed by atoms with E-state index in [0.29, 0.717) is 0 Å². The van der Waals surface area contributed by atoms with Gasteiger partial charge in [0.15, 0.2) is 0 Å². The number of hydrogen-bond donors (Lipinski definition) is 0. The van der Waals surface area contributed by atoms with E-state index in [1.54, 1.807) is 7.11 Å². The van der Waals surface area contributed by atoms with Crippen molar-refractivity contribution in [2.24, 2.45) is 0 Å². The fourth-order valence-corrected chi connectivity index (χ4v) is 2.99. The van der Waals surface area contributed by atoms with Gasteiger partial charge in [-0.15, -0.1) is 0 Å². The van der Waals surface area contributed by atoms with Crippen molar-refractivity contribution >= 4 is 5.69 Å². The van der Waals surface area contributed by atoms with Gasteiger partial charge in [-0.1, -0.05) is 30.3 Å². The Bertz CT molecular complexity index is 842. The molecule has 0 aliphatic rings. The van der Waals surface area contributed by atoms with Crippen molar-refractivity contribution in [3.05, 3.63) is 66.4 Å². The van der Waals surface area contributed by atoms with Gasteiger partial charge in [-0.05, 0) is 47.9 Å². The van der Waals surface area contributed by atoms with E-state index >= 15 is 0 Å². The molecule has 3 rings (SSSR count).